The van der Waals surface area contributed by atoms with Crippen LogP contribution in [0.15, 0.2) is 21.6 Å². The second-order valence-electron chi connectivity index (χ2n) is 3.96. The Balaban J connectivity index is 2.07. The summed E-state index contributed by atoms with van der Waals surface area (Å²) < 4.78 is 27.6. The van der Waals surface area contributed by atoms with Crippen molar-refractivity contribution in [3.63, 3.8) is 0 Å². The molecule has 0 aliphatic carbocycles. The second-order valence-corrected chi connectivity index (χ2v) is 9.17. The van der Waals surface area contributed by atoms with Gasteiger partial charge in [-0.25, -0.2) is 18.1 Å². The first kappa shape index (κ1) is 15.4. The van der Waals surface area contributed by atoms with Gasteiger partial charge in [0.15, 0.2) is 0 Å². The number of hydrogen-bond donors (Lipinski definition) is 2. The van der Waals surface area contributed by atoms with E-state index in [9.17, 15) is 8.42 Å². The van der Waals surface area contributed by atoms with Crippen LogP contribution in [0.1, 0.15) is 0 Å². The highest BCUT2D eigenvalue weighted by Crippen LogP contribution is 2.24. The number of thioether (sulfide) groups is 2. The van der Waals surface area contributed by atoms with Gasteiger partial charge in [-0.15, -0.1) is 0 Å². The van der Waals surface area contributed by atoms with Gasteiger partial charge in [0, 0.05) is 39.7 Å². The number of halogens is 1. The van der Waals surface area contributed by atoms with Crippen LogP contribution in [0.3, 0.4) is 0 Å². The maximum Gasteiger partial charge on any atom is 0.244 e. The molecule has 1 saturated heterocycles. The maximum absolute atomic E-state index is 12.2. The summed E-state index contributed by atoms with van der Waals surface area (Å²) >= 11 is 6.86. The fourth-order valence-electron chi connectivity index (χ4n) is 1.58. The molecule has 9 heteroatoms. The zero-order valence-electron chi connectivity index (χ0n) is 10.0. The third kappa shape index (κ3) is 4.25. The summed E-state index contributed by atoms with van der Waals surface area (Å²) in [6.45, 7) is 0.423. The molecule has 1 fully saturated rings. The van der Waals surface area contributed by atoms with E-state index < -0.39 is 10.0 Å². The molecular formula is C10H14BrN3O2S3. The molecule has 106 valence electrons. The summed E-state index contributed by atoms with van der Waals surface area (Å²) in [7, 11) is -3.60. The van der Waals surface area contributed by atoms with Gasteiger partial charge in [-0.1, -0.05) is 0 Å². The molecule has 2 heterocycles. The molecule has 1 aliphatic heterocycles. The van der Waals surface area contributed by atoms with Crippen LogP contribution in [0, 0.1) is 0 Å². The van der Waals surface area contributed by atoms with E-state index in [1.54, 1.807) is 11.8 Å². The van der Waals surface area contributed by atoms with Crippen LogP contribution in [0.2, 0.25) is 0 Å². The third-order valence-electron chi connectivity index (χ3n) is 2.52. The maximum atomic E-state index is 12.2. The predicted molar refractivity (Wildman–Crippen MR) is 85.1 cm³/mol. The normalized spacial score (nSPS) is 20.4. The van der Waals surface area contributed by atoms with Crippen molar-refractivity contribution in [1.82, 2.24) is 9.71 Å². The van der Waals surface area contributed by atoms with Crippen LogP contribution in [0.5, 0.6) is 0 Å². The number of nitrogen functional groups attached to an aromatic ring is 1. The first-order chi connectivity index (χ1) is 8.99. The Morgan fingerprint density at radius 1 is 1.53 bits per heavy atom. The zero-order valence-corrected chi connectivity index (χ0v) is 14.0. The van der Waals surface area contributed by atoms with Gasteiger partial charge in [-0.2, -0.15) is 23.5 Å². The summed E-state index contributed by atoms with van der Waals surface area (Å²) in [6.07, 6.45) is 1.47. The number of nitrogens with one attached hydrogen (secondary N) is 1. The largest absolute Gasteiger partial charge is 0.383 e. The van der Waals surface area contributed by atoms with Crippen molar-refractivity contribution in [2.75, 3.05) is 29.5 Å². The minimum absolute atomic E-state index is 0.0152. The predicted octanol–water partition coefficient (Wildman–Crippen LogP) is 1.55. The highest BCUT2D eigenvalue weighted by molar-refractivity contribution is 9.10. The summed E-state index contributed by atoms with van der Waals surface area (Å²) in [5.74, 6) is 3.19. The summed E-state index contributed by atoms with van der Waals surface area (Å²) in [5, 5.41) is 0.315. The molecule has 3 N–H and O–H groups in total. The molecule has 0 amide bonds. The SMILES string of the molecule is Nc1ncc(Br)cc1S(=O)(=O)NCC1CSCCS1. The minimum Gasteiger partial charge on any atom is -0.383 e. The van der Waals surface area contributed by atoms with Crippen molar-refractivity contribution in [3.8, 4) is 0 Å². The van der Waals surface area contributed by atoms with Gasteiger partial charge in [-0.3, -0.25) is 0 Å². The second kappa shape index (κ2) is 6.66. The highest BCUT2D eigenvalue weighted by atomic mass is 79.9. The molecular weight excluding hydrogens is 370 g/mol. The summed E-state index contributed by atoms with van der Waals surface area (Å²) in [4.78, 5) is 3.87. The Bertz CT molecular complexity index is 547. The Labute approximate surface area is 129 Å². The van der Waals surface area contributed by atoms with Gasteiger partial charge < -0.3 is 5.73 Å². The Kier molecular flexibility index (Phi) is 5.41. The van der Waals surface area contributed by atoms with Gasteiger partial charge >= 0.3 is 0 Å². The van der Waals surface area contributed by atoms with Crippen molar-refractivity contribution in [2.45, 2.75) is 10.1 Å². The average molecular weight is 384 g/mol. The molecule has 19 heavy (non-hydrogen) atoms. The van der Waals surface area contributed by atoms with Crippen molar-refractivity contribution in [1.29, 1.82) is 0 Å². The lowest BCUT2D eigenvalue weighted by molar-refractivity contribution is 0.581. The smallest absolute Gasteiger partial charge is 0.244 e. The number of pyridine rings is 1. The summed E-state index contributed by atoms with van der Waals surface area (Å²) in [5.41, 5.74) is 5.62. The first-order valence-corrected chi connectivity index (χ1v) is 10.1. The Morgan fingerprint density at radius 3 is 3.00 bits per heavy atom. The molecule has 1 aromatic rings. The van der Waals surface area contributed by atoms with Crippen molar-refractivity contribution in [2.24, 2.45) is 0 Å². The van der Waals surface area contributed by atoms with E-state index >= 15 is 0 Å². The van der Waals surface area contributed by atoms with Crippen LogP contribution in [0.4, 0.5) is 5.82 Å². The number of aromatic nitrogens is 1. The molecule has 0 bridgehead atoms. The summed E-state index contributed by atoms with van der Waals surface area (Å²) in [6, 6.07) is 1.47. The standard InChI is InChI=1S/C10H14BrN3O2S3/c11-7-3-9(10(12)13-4-7)19(15,16)14-5-8-6-17-1-2-18-8/h3-4,8,14H,1-2,5-6H2,(H2,12,13). The number of sulfonamides is 1. The molecule has 0 saturated carbocycles. The van der Waals surface area contributed by atoms with E-state index in [4.69, 9.17) is 5.73 Å². The lowest BCUT2D eigenvalue weighted by Gasteiger charge is -2.21. The highest BCUT2D eigenvalue weighted by Gasteiger charge is 2.22. The lowest BCUT2D eigenvalue weighted by atomic mass is 10.5. The van der Waals surface area contributed by atoms with E-state index in [0.717, 1.165) is 17.3 Å². The molecule has 1 aliphatic rings. The Hall–Kier alpha value is 0.0400. The van der Waals surface area contributed by atoms with E-state index in [1.807, 2.05) is 11.8 Å². The molecule has 0 radical (unpaired) electrons. The zero-order chi connectivity index (χ0) is 13.9. The third-order valence-corrected chi connectivity index (χ3v) is 7.26. The van der Waals surface area contributed by atoms with Gasteiger partial charge in [0.05, 0.1) is 0 Å². The lowest BCUT2D eigenvalue weighted by Crippen LogP contribution is -2.33. The number of nitrogens with zero attached hydrogens (tertiary/aromatic N) is 1. The van der Waals surface area contributed by atoms with E-state index in [-0.39, 0.29) is 10.7 Å². The van der Waals surface area contributed by atoms with Crippen LogP contribution < -0.4 is 10.5 Å². The van der Waals surface area contributed by atoms with Crippen LogP contribution in [0.25, 0.3) is 0 Å². The van der Waals surface area contributed by atoms with Crippen LogP contribution >= 0.6 is 39.5 Å². The van der Waals surface area contributed by atoms with Gasteiger partial charge in [0.2, 0.25) is 10.0 Å². The number of anilines is 1. The number of nitrogens with two attached hydrogens (primary N) is 1. The van der Waals surface area contributed by atoms with Crippen LogP contribution in [-0.2, 0) is 10.0 Å². The fraction of sp³-hybridized carbons (Fsp3) is 0.500. The minimum atomic E-state index is -3.60. The molecule has 0 aromatic carbocycles. The van der Waals surface area contributed by atoms with Crippen molar-refractivity contribution < 1.29 is 8.42 Å². The molecule has 1 unspecified atom stereocenters. The fourth-order valence-corrected chi connectivity index (χ4v) is 5.97. The molecule has 5 nitrogen and oxygen atoms in total. The topological polar surface area (TPSA) is 85.1 Å². The van der Waals surface area contributed by atoms with Gasteiger partial charge in [0.1, 0.15) is 10.7 Å². The first-order valence-electron chi connectivity index (χ1n) is 5.59. The van der Waals surface area contributed by atoms with Crippen molar-refractivity contribution >= 4 is 55.3 Å². The van der Waals surface area contributed by atoms with Gasteiger partial charge in [-0.05, 0) is 22.0 Å². The van der Waals surface area contributed by atoms with Gasteiger partial charge in [0.25, 0.3) is 0 Å². The average Bonchev–Trinajstić information content (AvgIpc) is 2.40. The van der Waals surface area contributed by atoms with Crippen LogP contribution in [-0.4, -0.2) is 42.5 Å². The van der Waals surface area contributed by atoms with E-state index in [1.165, 1.54) is 12.3 Å². The van der Waals surface area contributed by atoms with E-state index in [2.05, 4.69) is 25.6 Å². The molecule has 0 spiro atoms. The Morgan fingerprint density at radius 2 is 2.32 bits per heavy atom. The van der Waals surface area contributed by atoms with E-state index in [0.29, 0.717) is 16.3 Å². The molecule has 2 rings (SSSR count). The monoisotopic (exact) mass is 383 g/mol. The quantitative estimate of drug-likeness (QED) is 0.820. The molecule has 1 atom stereocenters. The van der Waals surface area contributed by atoms with Crippen molar-refractivity contribution in [3.05, 3.63) is 16.7 Å². The number of rotatable bonds is 4. The number of hydrogen-bond acceptors (Lipinski definition) is 6. The molecule has 1 aromatic heterocycles.